The first kappa shape index (κ1) is 10.7. The number of aliphatic hydroxyl groups is 1. The van der Waals surface area contributed by atoms with Crippen LogP contribution in [-0.4, -0.2) is 11.7 Å². The Kier molecular flexibility index (Phi) is 3.59. The van der Waals surface area contributed by atoms with Crippen molar-refractivity contribution in [2.75, 3.05) is 12.3 Å². The van der Waals surface area contributed by atoms with E-state index in [-0.39, 0.29) is 17.9 Å². The number of halogens is 2. The minimum atomic E-state index is -1.03. The Morgan fingerprint density at radius 2 is 2.00 bits per heavy atom. The molecule has 0 heterocycles. The normalized spacial score (nSPS) is 11.1. The molecule has 1 aromatic rings. The number of benzene rings is 1. The molecule has 0 radical (unpaired) electrons. The summed E-state index contributed by atoms with van der Waals surface area (Å²) in [5, 5.41) is 8.47. The van der Waals surface area contributed by atoms with E-state index in [1.807, 2.05) is 0 Å². The maximum atomic E-state index is 13.1. The zero-order valence-electron chi connectivity index (χ0n) is 7.50. The van der Waals surface area contributed by atoms with Crippen molar-refractivity contribution < 1.29 is 13.9 Å². The molecule has 14 heavy (non-hydrogen) atoms. The number of aliphatic hydroxyl groups excluding tert-OH is 1. The van der Waals surface area contributed by atoms with E-state index in [2.05, 4.69) is 0 Å². The number of rotatable bonds is 3. The molecule has 0 saturated carbocycles. The van der Waals surface area contributed by atoms with Gasteiger partial charge in [-0.1, -0.05) is 12.2 Å². The van der Waals surface area contributed by atoms with Crippen LogP contribution in [0.4, 0.5) is 14.5 Å². The smallest absolute Gasteiger partial charge is 0.182 e. The molecular weight excluding hydrogens is 188 g/mol. The zero-order valence-corrected chi connectivity index (χ0v) is 7.50. The van der Waals surface area contributed by atoms with Gasteiger partial charge in [0.1, 0.15) is 0 Å². The Morgan fingerprint density at radius 1 is 1.29 bits per heavy atom. The second-order valence-corrected chi connectivity index (χ2v) is 2.79. The fraction of sp³-hybridized carbons (Fsp3) is 0.200. The predicted octanol–water partition coefficient (Wildman–Crippen LogP) is 1.94. The van der Waals surface area contributed by atoms with Gasteiger partial charge in [0.25, 0.3) is 0 Å². The molecule has 0 unspecified atom stereocenters. The third-order valence-electron chi connectivity index (χ3n) is 1.74. The summed E-state index contributed by atoms with van der Waals surface area (Å²) in [6.07, 6.45) is 3.38. The van der Waals surface area contributed by atoms with E-state index in [4.69, 9.17) is 10.8 Å². The van der Waals surface area contributed by atoms with Gasteiger partial charge < -0.3 is 10.8 Å². The highest BCUT2D eigenvalue weighted by Gasteiger charge is 2.08. The van der Waals surface area contributed by atoms with E-state index in [1.54, 1.807) is 6.08 Å². The van der Waals surface area contributed by atoms with Gasteiger partial charge in [-0.25, -0.2) is 8.78 Å². The maximum absolute atomic E-state index is 13.1. The number of hydrogen-bond donors (Lipinski definition) is 2. The summed E-state index contributed by atoms with van der Waals surface area (Å²) in [7, 11) is 0. The van der Waals surface area contributed by atoms with Gasteiger partial charge in [-0.15, -0.1) is 0 Å². The number of nitrogen functional groups attached to an aromatic ring is 1. The van der Waals surface area contributed by atoms with E-state index in [0.29, 0.717) is 6.42 Å². The van der Waals surface area contributed by atoms with E-state index in [1.165, 1.54) is 18.2 Å². The van der Waals surface area contributed by atoms with E-state index in [0.717, 1.165) is 0 Å². The molecule has 1 aromatic carbocycles. The van der Waals surface area contributed by atoms with Crippen molar-refractivity contribution in [2.24, 2.45) is 0 Å². The van der Waals surface area contributed by atoms with Gasteiger partial charge >= 0.3 is 0 Å². The lowest BCUT2D eigenvalue weighted by molar-refractivity contribution is 0.303. The Hall–Kier alpha value is -1.42. The lowest BCUT2D eigenvalue weighted by atomic mass is 10.1. The van der Waals surface area contributed by atoms with Crippen molar-refractivity contribution in [1.29, 1.82) is 0 Å². The lowest BCUT2D eigenvalue weighted by Crippen LogP contribution is -1.96. The van der Waals surface area contributed by atoms with Crippen LogP contribution in [-0.2, 0) is 0 Å². The van der Waals surface area contributed by atoms with Gasteiger partial charge in [-0.2, -0.15) is 0 Å². The molecule has 0 spiro atoms. The second kappa shape index (κ2) is 4.72. The molecule has 0 saturated heterocycles. The van der Waals surface area contributed by atoms with Gasteiger partial charge in [0.05, 0.1) is 5.69 Å². The molecule has 2 nitrogen and oxygen atoms in total. The molecule has 0 bridgehead atoms. The third-order valence-corrected chi connectivity index (χ3v) is 1.74. The largest absolute Gasteiger partial charge is 0.396 e. The first-order valence-corrected chi connectivity index (χ1v) is 4.17. The highest BCUT2D eigenvalue weighted by atomic mass is 19.2. The van der Waals surface area contributed by atoms with Crippen LogP contribution < -0.4 is 5.73 Å². The predicted molar refractivity (Wildman–Crippen MR) is 51.5 cm³/mol. The summed E-state index contributed by atoms with van der Waals surface area (Å²) in [4.78, 5) is 0. The quantitative estimate of drug-likeness (QED) is 0.731. The van der Waals surface area contributed by atoms with Crippen molar-refractivity contribution in [1.82, 2.24) is 0 Å². The molecule has 1 rings (SSSR count). The van der Waals surface area contributed by atoms with Gasteiger partial charge in [0, 0.05) is 12.2 Å². The summed E-state index contributed by atoms with van der Waals surface area (Å²) < 4.78 is 26.0. The lowest BCUT2D eigenvalue weighted by Gasteiger charge is -2.00. The zero-order chi connectivity index (χ0) is 10.6. The number of anilines is 1. The molecule has 0 atom stereocenters. The van der Waals surface area contributed by atoms with Gasteiger partial charge in [-0.3, -0.25) is 0 Å². The topological polar surface area (TPSA) is 46.2 Å². The summed E-state index contributed by atoms with van der Waals surface area (Å²) in [6, 6.07) is 2.69. The van der Waals surface area contributed by atoms with E-state index >= 15 is 0 Å². The fourth-order valence-electron chi connectivity index (χ4n) is 0.993. The van der Waals surface area contributed by atoms with Crippen LogP contribution in [0.2, 0.25) is 0 Å². The molecule has 0 aliphatic heterocycles. The molecule has 0 amide bonds. The number of hydrogen-bond acceptors (Lipinski definition) is 2. The van der Waals surface area contributed by atoms with E-state index in [9.17, 15) is 8.78 Å². The highest BCUT2D eigenvalue weighted by Crippen LogP contribution is 2.18. The Balaban J connectivity index is 2.94. The van der Waals surface area contributed by atoms with Crippen LogP contribution in [0.5, 0.6) is 0 Å². The summed E-state index contributed by atoms with van der Waals surface area (Å²) >= 11 is 0. The van der Waals surface area contributed by atoms with Crippen LogP contribution in [0, 0.1) is 11.6 Å². The fourth-order valence-corrected chi connectivity index (χ4v) is 0.993. The monoisotopic (exact) mass is 199 g/mol. The van der Waals surface area contributed by atoms with Crippen molar-refractivity contribution in [3.8, 4) is 0 Å². The Bertz CT molecular complexity index is 350. The first-order chi connectivity index (χ1) is 6.66. The van der Waals surface area contributed by atoms with Crippen LogP contribution in [0.15, 0.2) is 18.2 Å². The molecule has 0 fully saturated rings. The van der Waals surface area contributed by atoms with Crippen molar-refractivity contribution in [3.63, 3.8) is 0 Å². The first-order valence-electron chi connectivity index (χ1n) is 4.17. The highest BCUT2D eigenvalue weighted by molar-refractivity contribution is 5.55. The summed E-state index contributed by atoms with van der Waals surface area (Å²) in [6.45, 7) is -0.0183. The summed E-state index contributed by atoms with van der Waals surface area (Å²) in [5.41, 5.74) is 5.09. The Labute approximate surface area is 80.7 Å². The van der Waals surface area contributed by atoms with Gasteiger partial charge in [-0.05, 0) is 18.6 Å². The van der Waals surface area contributed by atoms with Crippen molar-refractivity contribution in [2.45, 2.75) is 6.42 Å². The number of nitrogens with two attached hydrogens (primary N) is 1. The van der Waals surface area contributed by atoms with Crippen molar-refractivity contribution >= 4 is 11.8 Å². The summed E-state index contributed by atoms with van der Waals surface area (Å²) in [5.74, 6) is -1.99. The van der Waals surface area contributed by atoms with Crippen LogP contribution in [0.25, 0.3) is 6.08 Å². The van der Waals surface area contributed by atoms with Crippen molar-refractivity contribution in [3.05, 3.63) is 35.4 Å². The second-order valence-electron chi connectivity index (χ2n) is 2.79. The third kappa shape index (κ3) is 2.29. The molecule has 0 aliphatic carbocycles. The minimum absolute atomic E-state index is 0.0183. The molecule has 0 aliphatic rings. The standard InChI is InChI=1S/C10H11F2NO/c11-9-7(3-1-2-6-14)4-5-8(13)10(9)12/h1,3-5,14H,2,6,13H2. The van der Waals surface area contributed by atoms with E-state index < -0.39 is 11.6 Å². The Morgan fingerprint density at radius 3 is 2.64 bits per heavy atom. The van der Waals surface area contributed by atoms with Gasteiger partial charge in [0.2, 0.25) is 0 Å². The van der Waals surface area contributed by atoms with Gasteiger partial charge in [0.15, 0.2) is 11.6 Å². The molecular formula is C10H11F2NO. The van der Waals surface area contributed by atoms with Crippen LogP contribution in [0.1, 0.15) is 12.0 Å². The van der Waals surface area contributed by atoms with Crippen LogP contribution >= 0.6 is 0 Å². The van der Waals surface area contributed by atoms with Crippen LogP contribution in [0.3, 0.4) is 0 Å². The minimum Gasteiger partial charge on any atom is -0.396 e. The average Bonchev–Trinajstić information content (AvgIpc) is 2.18. The molecule has 3 N–H and O–H groups in total. The molecule has 76 valence electrons. The maximum Gasteiger partial charge on any atom is 0.182 e. The molecule has 0 aromatic heterocycles. The average molecular weight is 199 g/mol. The SMILES string of the molecule is Nc1ccc(C=CCCO)c(F)c1F. The molecule has 4 heteroatoms.